The molecule has 5 heteroatoms. The third kappa shape index (κ3) is 6.74. The average Bonchev–Trinajstić information content (AvgIpc) is 1.57. The summed E-state index contributed by atoms with van der Waals surface area (Å²) in [6.45, 7) is 8.74. The Bertz CT molecular complexity index is 5490. The number of anilines is 6. The van der Waals surface area contributed by atoms with Crippen molar-refractivity contribution in [2.45, 2.75) is 46.9 Å². The molecule has 0 unspecified atom stereocenters. The van der Waals surface area contributed by atoms with Crippen molar-refractivity contribution in [3.8, 4) is 22.3 Å². The lowest BCUT2D eigenvalue weighted by molar-refractivity contribution is 0.666. The van der Waals surface area contributed by atoms with Gasteiger partial charge in [-0.2, -0.15) is 0 Å². The molecule has 1 aliphatic carbocycles. The monoisotopic (exact) mass is 1060 g/mol. The van der Waals surface area contributed by atoms with E-state index in [0.717, 1.165) is 94.6 Å². The molecule has 0 amide bonds. The molecule has 0 spiro atoms. The van der Waals surface area contributed by atoms with Crippen molar-refractivity contribution in [2.75, 3.05) is 9.80 Å². The number of para-hydroxylation sites is 2. The van der Waals surface area contributed by atoms with Crippen molar-refractivity contribution in [3.63, 3.8) is 0 Å². The maximum absolute atomic E-state index is 8.49. The summed E-state index contributed by atoms with van der Waals surface area (Å²) >= 11 is 0. The predicted molar refractivity (Wildman–Crippen MR) is 344 cm³/mol. The first kappa shape index (κ1) is 43.7. The minimum Gasteiger partial charge on any atom is -0.456 e. The zero-order valence-electron chi connectivity index (χ0n) is 49.0. The molecule has 0 aliphatic heterocycles. The van der Waals surface area contributed by atoms with Crippen molar-refractivity contribution in [1.29, 1.82) is 0 Å². The molecule has 17 rings (SSSR count). The van der Waals surface area contributed by atoms with E-state index in [1.165, 1.54) is 82.3 Å². The van der Waals surface area contributed by atoms with Crippen molar-refractivity contribution >= 4 is 127 Å². The van der Waals surface area contributed by atoms with Crippen molar-refractivity contribution in [3.05, 3.63) is 258 Å². The zero-order chi connectivity index (χ0) is 57.4. The number of nitrogens with zero attached hydrogens (tertiary/aromatic N) is 3. The van der Waals surface area contributed by atoms with E-state index in [4.69, 9.17) is 12.9 Å². The van der Waals surface area contributed by atoms with Crippen LogP contribution in [-0.4, -0.2) is 4.40 Å². The number of rotatable bonds is 7. The van der Waals surface area contributed by atoms with Crippen LogP contribution in [0.1, 0.15) is 51.3 Å². The number of aromatic nitrogens is 1. The molecule has 4 heterocycles. The molecule has 0 saturated carbocycles. The SMILES string of the molecule is [2H]C([2H])([2H])c1cc(C)cc(N(c2ccc3c(c2)C(C)(C)c2c-3ccc3c2ccc2c3c3cc(-c4ccccc4)cc4c5ccc(N(c6cc(C)cc(C)c6)c6ccc7c(c6)oc6ccccc67)cc5n2c43)c2ccc3c(c2)oc2ccccc23)c1. The number of fused-ring (bicyclic) bond motifs is 18. The molecule has 0 saturated heterocycles. The molecular formula is C77H55N3O2. The van der Waals surface area contributed by atoms with Gasteiger partial charge in [-0.1, -0.05) is 123 Å². The first-order valence-corrected chi connectivity index (χ1v) is 28.3. The molecule has 0 bridgehead atoms. The Morgan fingerprint density at radius 2 is 0.878 bits per heavy atom. The van der Waals surface area contributed by atoms with Crippen LogP contribution in [0.3, 0.4) is 0 Å². The Labute approximate surface area is 478 Å². The summed E-state index contributed by atoms with van der Waals surface area (Å²) in [6.07, 6.45) is 0. The van der Waals surface area contributed by atoms with Crippen LogP contribution in [0.2, 0.25) is 0 Å². The molecule has 5 nitrogen and oxygen atoms in total. The standard InChI is InChI=1S/C77H55N3O2/c1-44-32-45(2)35-54(34-44)78(52-22-26-60-58-16-10-12-18-70(58)81-72(60)42-52)50-20-24-56-63-29-28-62-64(75(63)77(5,6)67(56)40-50)30-31-68-74(62)66-39-49(48-14-8-7-9-15-48)38-65-57-25-21-51(41-69(57)80(68)76(65)66)79(55-36-46(3)33-47(4)37-55)53-23-27-61-59-17-11-13-19-71(59)82-73(61)43-53/h7-43H,1-6H3/i1D3. The molecule has 390 valence electrons. The van der Waals surface area contributed by atoms with Gasteiger partial charge in [0.15, 0.2) is 0 Å². The second-order valence-corrected chi connectivity index (χ2v) is 23.4. The summed E-state index contributed by atoms with van der Waals surface area (Å²) in [5.41, 5.74) is 23.0. The van der Waals surface area contributed by atoms with Crippen LogP contribution in [-0.2, 0) is 5.41 Å². The van der Waals surface area contributed by atoms with Gasteiger partial charge in [0.1, 0.15) is 22.3 Å². The van der Waals surface area contributed by atoms with Gasteiger partial charge < -0.3 is 23.0 Å². The number of hydrogen-bond acceptors (Lipinski definition) is 4. The summed E-state index contributed by atoms with van der Waals surface area (Å²) < 4.78 is 41.0. The molecule has 0 fully saturated rings. The Hall–Kier alpha value is -10.1. The summed E-state index contributed by atoms with van der Waals surface area (Å²) in [6, 6.07) is 80.6. The van der Waals surface area contributed by atoms with Crippen molar-refractivity contribution < 1.29 is 12.9 Å². The highest BCUT2D eigenvalue weighted by Gasteiger charge is 2.38. The predicted octanol–water partition coefficient (Wildman–Crippen LogP) is 21.9. The average molecular weight is 1060 g/mol. The van der Waals surface area contributed by atoms with E-state index < -0.39 is 12.3 Å². The van der Waals surface area contributed by atoms with Gasteiger partial charge in [0, 0.05) is 98.9 Å². The maximum Gasteiger partial charge on any atom is 0.137 e. The van der Waals surface area contributed by atoms with Crippen LogP contribution in [0.4, 0.5) is 34.1 Å². The van der Waals surface area contributed by atoms with Gasteiger partial charge >= 0.3 is 0 Å². The van der Waals surface area contributed by atoms with E-state index >= 15 is 0 Å². The van der Waals surface area contributed by atoms with Gasteiger partial charge in [-0.05, 0) is 197 Å². The molecule has 0 N–H and O–H groups in total. The Kier molecular flexibility index (Phi) is 9.05. The van der Waals surface area contributed by atoms with E-state index in [0.29, 0.717) is 5.56 Å². The number of furan rings is 2. The molecule has 82 heavy (non-hydrogen) atoms. The first-order chi connectivity index (χ1) is 41.2. The summed E-state index contributed by atoms with van der Waals surface area (Å²) in [5.74, 6) is 0. The van der Waals surface area contributed by atoms with Crippen molar-refractivity contribution in [2.24, 2.45) is 0 Å². The minimum atomic E-state index is -2.29. The van der Waals surface area contributed by atoms with Crippen LogP contribution in [0, 0.1) is 27.6 Å². The molecule has 1 aliphatic rings. The lowest BCUT2D eigenvalue weighted by Crippen LogP contribution is -2.17. The first-order valence-electron chi connectivity index (χ1n) is 29.8. The molecule has 12 aromatic carbocycles. The quantitative estimate of drug-likeness (QED) is 0.159. The fourth-order valence-electron chi connectivity index (χ4n) is 14.4. The van der Waals surface area contributed by atoms with Crippen LogP contribution in [0.5, 0.6) is 0 Å². The largest absolute Gasteiger partial charge is 0.456 e. The highest BCUT2D eigenvalue weighted by atomic mass is 16.3. The van der Waals surface area contributed by atoms with E-state index in [-0.39, 0.29) is 0 Å². The van der Waals surface area contributed by atoms with Crippen molar-refractivity contribution in [1.82, 2.24) is 4.40 Å². The lowest BCUT2D eigenvalue weighted by atomic mass is 9.79. The fourth-order valence-corrected chi connectivity index (χ4v) is 14.4. The van der Waals surface area contributed by atoms with Gasteiger partial charge in [0.05, 0.1) is 16.6 Å². The van der Waals surface area contributed by atoms with Crippen LogP contribution >= 0.6 is 0 Å². The highest BCUT2D eigenvalue weighted by molar-refractivity contribution is 6.30. The zero-order valence-corrected chi connectivity index (χ0v) is 46.0. The lowest BCUT2D eigenvalue weighted by Gasteiger charge is -2.29. The molecule has 4 aromatic heterocycles. The maximum atomic E-state index is 8.49. The number of aryl methyl sites for hydroxylation is 4. The van der Waals surface area contributed by atoms with E-state index in [2.05, 4.69) is 224 Å². The molecule has 0 radical (unpaired) electrons. The second-order valence-electron chi connectivity index (χ2n) is 23.4. The van der Waals surface area contributed by atoms with Gasteiger partial charge in [0.25, 0.3) is 0 Å². The molecule has 16 aromatic rings. The normalized spacial score (nSPS) is 13.8. The molecule has 0 atom stereocenters. The van der Waals surface area contributed by atoms with Crippen LogP contribution in [0.25, 0.3) is 115 Å². The summed E-state index contributed by atoms with van der Waals surface area (Å²) in [5, 5.41) is 11.6. The molecular weight excluding hydrogens is 999 g/mol. The second kappa shape index (κ2) is 17.0. The van der Waals surface area contributed by atoms with E-state index in [1.54, 1.807) is 6.07 Å². The van der Waals surface area contributed by atoms with Crippen LogP contribution < -0.4 is 9.80 Å². The number of benzene rings is 12. The minimum absolute atomic E-state index is 0.300. The van der Waals surface area contributed by atoms with E-state index in [1.807, 2.05) is 43.3 Å². The fraction of sp³-hybridized carbons (Fsp3) is 0.0909. The Morgan fingerprint density at radius 1 is 0.366 bits per heavy atom. The smallest absolute Gasteiger partial charge is 0.137 e. The van der Waals surface area contributed by atoms with E-state index in [9.17, 15) is 0 Å². The topological polar surface area (TPSA) is 37.2 Å². The third-order valence-electron chi connectivity index (χ3n) is 17.8. The Balaban J connectivity index is 0.859. The van der Waals surface area contributed by atoms with Gasteiger partial charge in [-0.15, -0.1) is 0 Å². The summed E-state index contributed by atoms with van der Waals surface area (Å²) in [4.78, 5) is 4.57. The van der Waals surface area contributed by atoms with Gasteiger partial charge in [0.2, 0.25) is 0 Å². The third-order valence-corrected chi connectivity index (χ3v) is 17.8. The highest BCUT2D eigenvalue weighted by Crippen LogP contribution is 2.55. The Morgan fingerprint density at radius 3 is 1.54 bits per heavy atom. The van der Waals surface area contributed by atoms with Crippen LogP contribution in [0.15, 0.2) is 233 Å². The van der Waals surface area contributed by atoms with Gasteiger partial charge in [-0.3, -0.25) is 0 Å². The van der Waals surface area contributed by atoms with Gasteiger partial charge in [-0.25, -0.2) is 0 Å². The number of hydrogen-bond donors (Lipinski definition) is 0. The summed E-state index contributed by atoms with van der Waals surface area (Å²) in [7, 11) is 0.